The Bertz CT molecular complexity index is 1110. The molecule has 2 heterocycles. The zero-order chi connectivity index (χ0) is 20.1. The second-order valence-electron chi connectivity index (χ2n) is 5.64. The number of benzene rings is 1. The lowest BCUT2D eigenvalue weighted by atomic mass is 10.2. The number of hydrogen-bond donors (Lipinski definition) is 2. The molecule has 0 saturated heterocycles. The van der Waals surface area contributed by atoms with Crippen LogP contribution in [0.25, 0.3) is 0 Å². The van der Waals surface area contributed by atoms with E-state index in [2.05, 4.69) is 31.4 Å². The molecule has 0 atom stereocenters. The molecule has 28 heavy (non-hydrogen) atoms. The molecule has 0 fully saturated rings. The van der Waals surface area contributed by atoms with Crippen LogP contribution in [0, 0.1) is 0 Å². The van der Waals surface area contributed by atoms with Gasteiger partial charge in [0.1, 0.15) is 33.7 Å². The molecule has 1 amide bonds. The van der Waals surface area contributed by atoms with Crippen molar-refractivity contribution in [1.29, 1.82) is 0 Å². The average molecular weight is 484 g/mol. The van der Waals surface area contributed by atoms with Gasteiger partial charge in [-0.25, -0.2) is 18.8 Å². The van der Waals surface area contributed by atoms with Gasteiger partial charge in [0.2, 0.25) is 0 Å². The van der Waals surface area contributed by atoms with Crippen LogP contribution in [0.15, 0.2) is 56.0 Å². The third-order valence-corrected chi connectivity index (χ3v) is 6.39. The van der Waals surface area contributed by atoms with Crippen molar-refractivity contribution in [3.63, 3.8) is 0 Å². The quantitative estimate of drug-likeness (QED) is 0.393. The van der Waals surface area contributed by atoms with E-state index in [1.54, 1.807) is 24.3 Å². The van der Waals surface area contributed by atoms with Gasteiger partial charge in [0.25, 0.3) is 5.91 Å². The van der Waals surface area contributed by atoms with E-state index in [0.717, 1.165) is 15.8 Å². The summed E-state index contributed by atoms with van der Waals surface area (Å²) in [5.41, 5.74) is 2.76. The molecule has 0 unspecified atom stereocenters. The lowest BCUT2D eigenvalue weighted by Crippen LogP contribution is -2.18. The van der Waals surface area contributed by atoms with E-state index >= 15 is 0 Å². The summed E-state index contributed by atoms with van der Waals surface area (Å²) in [6, 6.07) is 7.99. The van der Waals surface area contributed by atoms with Gasteiger partial charge >= 0.3 is 0 Å². The average Bonchev–Trinajstić information content (AvgIpc) is 3.29. The molecule has 2 N–H and O–H groups in total. The van der Waals surface area contributed by atoms with Gasteiger partial charge in [-0.1, -0.05) is 15.9 Å². The molecule has 0 aliphatic heterocycles. The molecule has 11 heteroatoms. The Morgan fingerprint density at radius 2 is 2.18 bits per heavy atom. The maximum Gasteiger partial charge on any atom is 0.290 e. The smallest absolute Gasteiger partial charge is 0.290 e. The number of hydrazone groups is 1. The number of amides is 1. The number of phenolic OH excluding ortho intramolecular Hbond substituents is 1. The van der Waals surface area contributed by atoms with Gasteiger partial charge < -0.3 is 9.52 Å². The topological polar surface area (TPSA) is 122 Å². The highest BCUT2D eigenvalue weighted by molar-refractivity contribution is 9.10. The number of furan rings is 1. The molecule has 0 bridgehead atoms. The lowest BCUT2D eigenvalue weighted by molar-refractivity contribution is 0.0950. The Hall–Kier alpha value is -2.50. The van der Waals surface area contributed by atoms with Crippen LogP contribution in [0.4, 0.5) is 0 Å². The number of thiazole rings is 1. The van der Waals surface area contributed by atoms with Crippen molar-refractivity contribution >= 4 is 49.2 Å². The van der Waals surface area contributed by atoms with Crippen molar-refractivity contribution in [3.8, 4) is 5.75 Å². The number of phenols is 1. The predicted molar refractivity (Wildman–Crippen MR) is 108 cm³/mol. The van der Waals surface area contributed by atoms with Crippen molar-refractivity contribution in [2.24, 2.45) is 5.10 Å². The fourth-order valence-electron chi connectivity index (χ4n) is 2.18. The minimum atomic E-state index is -3.47. The molecular weight excluding hydrogens is 470 g/mol. The van der Waals surface area contributed by atoms with Gasteiger partial charge in [0.05, 0.1) is 12.5 Å². The maximum absolute atomic E-state index is 12.2. The second kappa shape index (κ2) is 8.67. The van der Waals surface area contributed by atoms with Gasteiger partial charge in [0, 0.05) is 15.4 Å². The molecule has 0 aliphatic rings. The lowest BCUT2D eigenvalue weighted by Gasteiger charge is -2.00. The van der Waals surface area contributed by atoms with E-state index in [1.807, 2.05) is 0 Å². The van der Waals surface area contributed by atoms with Gasteiger partial charge in [-0.3, -0.25) is 4.79 Å². The first kappa shape index (κ1) is 20.2. The molecule has 0 saturated carbocycles. The summed E-state index contributed by atoms with van der Waals surface area (Å²) in [6.07, 6.45) is 2.70. The van der Waals surface area contributed by atoms with Gasteiger partial charge in [-0.15, -0.1) is 11.3 Å². The fraction of sp³-hybridized carbons (Fsp3) is 0.118. The molecule has 146 valence electrons. The van der Waals surface area contributed by atoms with E-state index in [4.69, 9.17) is 4.42 Å². The number of rotatable bonds is 7. The van der Waals surface area contributed by atoms with E-state index < -0.39 is 15.7 Å². The molecule has 2 aromatic heterocycles. The first-order valence-corrected chi connectivity index (χ1v) is 11.3. The van der Waals surface area contributed by atoms with Gasteiger partial charge in [0.15, 0.2) is 9.84 Å². The van der Waals surface area contributed by atoms with Crippen LogP contribution in [0.5, 0.6) is 5.75 Å². The number of aromatic nitrogens is 1. The molecule has 1 aromatic carbocycles. The van der Waals surface area contributed by atoms with Crippen molar-refractivity contribution < 1.29 is 22.7 Å². The Kier molecular flexibility index (Phi) is 6.27. The van der Waals surface area contributed by atoms with E-state index in [0.29, 0.717) is 16.3 Å². The highest BCUT2D eigenvalue weighted by Gasteiger charge is 2.19. The number of sulfone groups is 1. The van der Waals surface area contributed by atoms with Crippen molar-refractivity contribution in [1.82, 2.24) is 10.4 Å². The largest absolute Gasteiger partial charge is 0.507 e. The van der Waals surface area contributed by atoms with Gasteiger partial charge in [-0.05, 0) is 30.3 Å². The standard InChI is InChI=1S/C17H14BrN3O5S2/c18-12-3-4-15(22)11(6-12)7-19-21-17(23)14-8-27-16(20-14)10-28(24,25)9-13-2-1-5-26-13/h1-8,22H,9-10H2,(H,21,23)/b19-7+. The maximum atomic E-state index is 12.2. The minimum Gasteiger partial charge on any atom is -0.507 e. The van der Waals surface area contributed by atoms with Crippen LogP contribution in [-0.2, 0) is 21.3 Å². The molecule has 0 aliphatic carbocycles. The Morgan fingerprint density at radius 3 is 2.93 bits per heavy atom. The number of halogens is 1. The summed E-state index contributed by atoms with van der Waals surface area (Å²) in [6.45, 7) is 0. The fourth-order valence-corrected chi connectivity index (χ4v) is 5.07. The molecular formula is C17H14BrN3O5S2. The summed E-state index contributed by atoms with van der Waals surface area (Å²) in [5, 5.41) is 15.3. The minimum absolute atomic E-state index is 0.0129. The zero-order valence-electron chi connectivity index (χ0n) is 14.2. The van der Waals surface area contributed by atoms with Crippen molar-refractivity contribution in [2.45, 2.75) is 11.5 Å². The van der Waals surface area contributed by atoms with Crippen LogP contribution in [0.2, 0.25) is 0 Å². The summed E-state index contributed by atoms with van der Waals surface area (Å²) >= 11 is 4.35. The predicted octanol–water partition coefficient (Wildman–Crippen LogP) is 3.08. The number of nitrogens with zero attached hydrogens (tertiary/aromatic N) is 2. The Balaban J connectivity index is 1.60. The number of aromatic hydroxyl groups is 1. The molecule has 8 nitrogen and oxygen atoms in total. The number of carbonyl (C=O) groups is 1. The highest BCUT2D eigenvalue weighted by atomic mass is 79.9. The SMILES string of the molecule is O=C(N/N=C/c1cc(Br)ccc1O)c1csc(CS(=O)(=O)Cc2ccco2)n1. The van der Waals surface area contributed by atoms with Crippen LogP contribution in [-0.4, -0.2) is 30.6 Å². The van der Waals surface area contributed by atoms with Gasteiger partial charge in [-0.2, -0.15) is 5.10 Å². The van der Waals surface area contributed by atoms with Crippen molar-refractivity contribution in [2.75, 3.05) is 0 Å². The highest BCUT2D eigenvalue weighted by Crippen LogP contribution is 2.20. The number of hydrogen-bond acceptors (Lipinski definition) is 8. The third-order valence-electron chi connectivity index (χ3n) is 3.43. The summed E-state index contributed by atoms with van der Waals surface area (Å²) < 4.78 is 30.2. The van der Waals surface area contributed by atoms with Crippen LogP contribution in [0.3, 0.4) is 0 Å². The normalized spacial score (nSPS) is 11.8. The molecule has 0 spiro atoms. The monoisotopic (exact) mass is 483 g/mol. The summed E-state index contributed by atoms with van der Waals surface area (Å²) in [5.74, 6) is -0.752. The number of carbonyl (C=O) groups excluding carboxylic acids is 1. The molecule has 3 aromatic rings. The van der Waals surface area contributed by atoms with Crippen LogP contribution < -0.4 is 5.43 Å². The van der Waals surface area contributed by atoms with Crippen molar-refractivity contribution in [3.05, 3.63) is 68.5 Å². The van der Waals surface area contributed by atoms with E-state index in [-0.39, 0.29) is 22.9 Å². The number of nitrogens with one attached hydrogen (secondary N) is 1. The van der Waals surface area contributed by atoms with E-state index in [9.17, 15) is 18.3 Å². The first-order valence-electron chi connectivity index (χ1n) is 7.81. The summed E-state index contributed by atoms with van der Waals surface area (Å²) in [7, 11) is -3.47. The first-order chi connectivity index (χ1) is 13.3. The Labute approximate surface area is 173 Å². The zero-order valence-corrected chi connectivity index (χ0v) is 17.4. The van der Waals surface area contributed by atoms with Crippen LogP contribution >= 0.6 is 27.3 Å². The second-order valence-corrected chi connectivity index (χ2v) is 9.56. The van der Waals surface area contributed by atoms with Crippen LogP contribution in [0.1, 0.15) is 26.8 Å². The summed E-state index contributed by atoms with van der Waals surface area (Å²) in [4.78, 5) is 16.2. The molecule has 0 radical (unpaired) electrons. The molecule has 3 rings (SSSR count). The Morgan fingerprint density at radius 1 is 1.36 bits per heavy atom. The van der Waals surface area contributed by atoms with E-state index in [1.165, 1.54) is 23.9 Å². The third kappa shape index (κ3) is 5.50.